The molecule has 0 aliphatic carbocycles. The van der Waals surface area contributed by atoms with Crippen molar-refractivity contribution in [3.63, 3.8) is 0 Å². The molecule has 19 heavy (non-hydrogen) atoms. The highest BCUT2D eigenvalue weighted by Crippen LogP contribution is 2.26. The van der Waals surface area contributed by atoms with E-state index in [4.69, 9.17) is 11.6 Å². The monoisotopic (exact) mass is 342 g/mol. The van der Waals surface area contributed by atoms with E-state index >= 15 is 0 Å². The molecule has 5 nitrogen and oxygen atoms in total. The standard InChI is InChI=1S/C12H12BrClN4O/c13-7-3-9-12(16-5-7)18(10(4-14)17-9)8-1-2-11(19)15-6-8/h3,5,8H,1-2,4,6H2,(H,15,19). The van der Waals surface area contributed by atoms with Crippen LogP contribution >= 0.6 is 27.5 Å². The lowest BCUT2D eigenvalue weighted by Crippen LogP contribution is -2.36. The second kappa shape index (κ2) is 5.09. The van der Waals surface area contributed by atoms with Crippen LogP contribution in [0.4, 0.5) is 0 Å². The number of fused-ring (bicyclic) bond motifs is 1. The summed E-state index contributed by atoms with van der Waals surface area (Å²) in [5.41, 5.74) is 1.64. The molecule has 1 N–H and O–H groups in total. The lowest BCUT2D eigenvalue weighted by Gasteiger charge is -2.25. The number of imidazole rings is 1. The molecule has 0 spiro atoms. The quantitative estimate of drug-likeness (QED) is 0.852. The Bertz CT molecular complexity index is 632. The molecule has 2 aromatic heterocycles. The Balaban J connectivity index is 2.08. The topological polar surface area (TPSA) is 59.8 Å². The molecule has 1 unspecified atom stereocenters. The summed E-state index contributed by atoms with van der Waals surface area (Å²) in [7, 11) is 0. The average Bonchev–Trinajstić information content (AvgIpc) is 2.77. The van der Waals surface area contributed by atoms with Gasteiger partial charge in [-0.1, -0.05) is 0 Å². The first-order chi connectivity index (χ1) is 9.19. The first-order valence-corrected chi connectivity index (χ1v) is 7.37. The van der Waals surface area contributed by atoms with Crippen LogP contribution in [-0.4, -0.2) is 27.0 Å². The van der Waals surface area contributed by atoms with E-state index in [1.54, 1.807) is 6.20 Å². The van der Waals surface area contributed by atoms with Gasteiger partial charge in [-0.2, -0.15) is 0 Å². The van der Waals surface area contributed by atoms with E-state index < -0.39 is 0 Å². The minimum atomic E-state index is 0.101. The minimum absolute atomic E-state index is 0.101. The molecule has 2 aromatic rings. The van der Waals surface area contributed by atoms with Gasteiger partial charge in [-0.15, -0.1) is 11.6 Å². The van der Waals surface area contributed by atoms with Crippen LogP contribution < -0.4 is 5.32 Å². The highest BCUT2D eigenvalue weighted by Gasteiger charge is 2.24. The van der Waals surface area contributed by atoms with Crippen LogP contribution in [0.25, 0.3) is 11.2 Å². The SMILES string of the molecule is O=C1CCC(n2c(CCl)nc3cc(Br)cnc32)CN1. The van der Waals surface area contributed by atoms with Crippen molar-refractivity contribution in [2.75, 3.05) is 6.54 Å². The first kappa shape index (κ1) is 12.9. The lowest BCUT2D eigenvalue weighted by molar-refractivity contribution is -0.122. The Morgan fingerprint density at radius 3 is 3.11 bits per heavy atom. The molecule has 7 heteroatoms. The first-order valence-electron chi connectivity index (χ1n) is 6.04. The molecule has 0 bridgehead atoms. The van der Waals surface area contributed by atoms with Gasteiger partial charge in [-0.3, -0.25) is 4.79 Å². The van der Waals surface area contributed by atoms with Crippen LogP contribution in [0.3, 0.4) is 0 Å². The summed E-state index contributed by atoms with van der Waals surface area (Å²) >= 11 is 9.37. The molecular weight excluding hydrogens is 332 g/mol. The third kappa shape index (κ3) is 2.34. The average molecular weight is 344 g/mol. The molecular formula is C12H12BrClN4O. The summed E-state index contributed by atoms with van der Waals surface area (Å²) in [6.45, 7) is 0.603. The van der Waals surface area contributed by atoms with Gasteiger partial charge in [-0.05, 0) is 28.4 Å². The number of amides is 1. The number of hydrogen-bond acceptors (Lipinski definition) is 3. The van der Waals surface area contributed by atoms with Gasteiger partial charge in [0.15, 0.2) is 5.65 Å². The maximum Gasteiger partial charge on any atom is 0.220 e. The summed E-state index contributed by atoms with van der Waals surface area (Å²) in [6, 6.07) is 2.10. The van der Waals surface area contributed by atoms with Gasteiger partial charge in [0.05, 0.1) is 11.9 Å². The Kier molecular flexibility index (Phi) is 3.45. The Morgan fingerprint density at radius 1 is 1.58 bits per heavy atom. The molecule has 1 saturated heterocycles. The van der Waals surface area contributed by atoms with Crippen molar-refractivity contribution in [2.45, 2.75) is 24.8 Å². The molecule has 0 saturated carbocycles. The number of piperidine rings is 1. The van der Waals surface area contributed by atoms with E-state index in [9.17, 15) is 4.79 Å². The third-order valence-corrected chi connectivity index (χ3v) is 3.97. The zero-order valence-corrected chi connectivity index (χ0v) is 12.4. The zero-order valence-electron chi connectivity index (χ0n) is 10.1. The summed E-state index contributed by atoms with van der Waals surface area (Å²) in [5.74, 6) is 1.23. The number of hydrogen-bond donors (Lipinski definition) is 1. The predicted molar refractivity (Wildman–Crippen MR) is 76.1 cm³/mol. The number of carbonyl (C=O) groups is 1. The van der Waals surface area contributed by atoms with E-state index in [1.807, 2.05) is 10.6 Å². The van der Waals surface area contributed by atoms with E-state index in [1.165, 1.54) is 0 Å². The van der Waals surface area contributed by atoms with Gasteiger partial charge in [0.2, 0.25) is 5.91 Å². The second-order valence-electron chi connectivity index (χ2n) is 4.52. The number of halogens is 2. The molecule has 0 radical (unpaired) electrons. The fourth-order valence-corrected chi connectivity index (χ4v) is 2.93. The summed E-state index contributed by atoms with van der Waals surface area (Å²) < 4.78 is 2.94. The van der Waals surface area contributed by atoms with E-state index in [-0.39, 0.29) is 11.9 Å². The Hall–Kier alpha value is -1.14. The van der Waals surface area contributed by atoms with Crippen LogP contribution in [0, 0.1) is 0 Å². The number of rotatable bonds is 2. The summed E-state index contributed by atoms with van der Waals surface area (Å²) in [4.78, 5) is 20.2. The molecule has 3 heterocycles. The van der Waals surface area contributed by atoms with Gasteiger partial charge in [0.25, 0.3) is 0 Å². The largest absolute Gasteiger partial charge is 0.354 e. The van der Waals surface area contributed by atoms with Crippen molar-refractivity contribution >= 4 is 44.6 Å². The van der Waals surface area contributed by atoms with Crippen LogP contribution in [0.15, 0.2) is 16.7 Å². The van der Waals surface area contributed by atoms with Crippen molar-refractivity contribution in [1.82, 2.24) is 19.9 Å². The maximum atomic E-state index is 11.3. The van der Waals surface area contributed by atoms with Crippen molar-refractivity contribution in [3.05, 3.63) is 22.6 Å². The molecule has 1 fully saturated rings. The molecule has 3 rings (SSSR count). The second-order valence-corrected chi connectivity index (χ2v) is 5.71. The normalized spacial score (nSPS) is 19.7. The van der Waals surface area contributed by atoms with Crippen molar-refractivity contribution in [1.29, 1.82) is 0 Å². The van der Waals surface area contributed by atoms with Crippen LogP contribution in [0.2, 0.25) is 0 Å². The molecule has 1 aliphatic heterocycles. The highest BCUT2D eigenvalue weighted by atomic mass is 79.9. The smallest absolute Gasteiger partial charge is 0.220 e. The summed E-state index contributed by atoms with van der Waals surface area (Å²) in [6.07, 6.45) is 3.07. The molecule has 0 aromatic carbocycles. The molecule has 1 aliphatic rings. The summed E-state index contributed by atoms with van der Waals surface area (Å²) in [5, 5.41) is 2.88. The van der Waals surface area contributed by atoms with E-state index in [2.05, 4.69) is 31.2 Å². The molecule has 1 amide bonds. The minimum Gasteiger partial charge on any atom is -0.354 e. The predicted octanol–water partition coefficient (Wildman–Crippen LogP) is 2.38. The fourth-order valence-electron chi connectivity index (χ4n) is 2.42. The number of nitrogens with zero attached hydrogens (tertiary/aromatic N) is 3. The van der Waals surface area contributed by atoms with E-state index in [0.717, 1.165) is 27.9 Å². The third-order valence-electron chi connectivity index (χ3n) is 3.29. The van der Waals surface area contributed by atoms with Gasteiger partial charge in [-0.25, -0.2) is 9.97 Å². The Labute approximate surface area is 123 Å². The number of carbonyl (C=O) groups excluding carboxylic acids is 1. The lowest BCUT2D eigenvalue weighted by atomic mass is 10.1. The maximum absolute atomic E-state index is 11.3. The number of alkyl halides is 1. The number of pyridine rings is 1. The number of aromatic nitrogens is 3. The van der Waals surface area contributed by atoms with Crippen molar-refractivity contribution in [2.24, 2.45) is 0 Å². The number of nitrogens with one attached hydrogen (secondary N) is 1. The van der Waals surface area contributed by atoms with Crippen LogP contribution in [-0.2, 0) is 10.7 Å². The van der Waals surface area contributed by atoms with Crippen LogP contribution in [0.1, 0.15) is 24.7 Å². The van der Waals surface area contributed by atoms with Crippen molar-refractivity contribution in [3.8, 4) is 0 Å². The molecule has 1 atom stereocenters. The molecule has 100 valence electrons. The van der Waals surface area contributed by atoms with Gasteiger partial charge >= 0.3 is 0 Å². The zero-order chi connectivity index (χ0) is 13.4. The fraction of sp³-hybridized carbons (Fsp3) is 0.417. The van der Waals surface area contributed by atoms with Gasteiger partial charge in [0, 0.05) is 23.6 Å². The van der Waals surface area contributed by atoms with Gasteiger partial charge in [0.1, 0.15) is 11.3 Å². The Morgan fingerprint density at radius 2 is 2.42 bits per heavy atom. The van der Waals surface area contributed by atoms with Crippen LogP contribution in [0.5, 0.6) is 0 Å². The highest BCUT2D eigenvalue weighted by molar-refractivity contribution is 9.10. The van der Waals surface area contributed by atoms with Crippen molar-refractivity contribution < 1.29 is 4.79 Å². The van der Waals surface area contributed by atoms with E-state index in [0.29, 0.717) is 18.8 Å². The van der Waals surface area contributed by atoms with Gasteiger partial charge < -0.3 is 9.88 Å².